The van der Waals surface area contributed by atoms with Gasteiger partial charge in [-0.3, -0.25) is 19.3 Å². The monoisotopic (exact) mass is 534 g/mol. The van der Waals surface area contributed by atoms with E-state index < -0.39 is 6.04 Å². The van der Waals surface area contributed by atoms with Crippen LogP contribution in [0, 0.1) is 5.92 Å². The highest BCUT2D eigenvalue weighted by Gasteiger charge is 2.46. The Kier molecular flexibility index (Phi) is 19.1. The third kappa shape index (κ3) is 13.9. The van der Waals surface area contributed by atoms with E-state index in [-0.39, 0.29) is 48.9 Å². The SMILES string of the molecule is CCCCCCCCCCC(=O)CCN1C(=O)C(C(C)C)N(CCC(=O)CCCCCCCCCC)C1=O. The van der Waals surface area contributed by atoms with Gasteiger partial charge in [-0.2, -0.15) is 0 Å². The van der Waals surface area contributed by atoms with Crippen molar-refractivity contribution in [3.63, 3.8) is 0 Å². The quantitative estimate of drug-likeness (QED) is 0.0872. The normalized spacial score (nSPS) is 15.8. The number of nitrogens with zero attached hydrogens (tertiary/aromatic N) is 2. The van der Waals surface area contributed by atoms with Gasteiger partial charge in [-0.1, -0.05) is 118 Å². The number of carbonyl (C=O) groups excluding carboxylic acids is 4. The fraction of sp³-hybridized carbons (Fsp3) is 0.875. The average Bonchev–Trinajstić information content (AvgIpc) is 3.13. The van der Waals surface area contributed by atoms with Crippen molar-refractivity contribution < 1.29 is 19.2 Å². The third-order valence-electron chi connectivity index (χ3n) is 7.83. The molecule has 3 amide bonds. The number of rotatable bonds is 25. The number of amides is 3. The van der Waals surface area contributed by atoms with Gasteiger partial charge in [0.05, 0.1) is 0 Å². The smallest absolute Gasteiger partial charge is 0.312 e. The maximum Gasteiger partial charge on any atom is 0.327 e. The van der Waals surface area contributed by atoms with Gasteiger partial charge in [-0.05, 0) is 18.8 Å². The predicted molar refractivity (Wildman–Crippen MR) is 156 cm³/mol. The average molecular weight is 535 g/mol. The van der Waals surface area contributed by atoms with Gasteiger partial charge in [0.1, 0.15) is 17.6 Å². The summed E-state index contributed by atoms with van der Waals surface area (Å²) in [4.78, 5) is 53.8. The van der Waals surface area contributed by atoms with E-state index in [0.29, 0.717) is 19.3 Å². The summed E-state index contributed by atoms with van der Waals surface area (Å²) in [5.41, 5.74) is 0. The third-order valence-corrected chi connectivity index (χ3v) is 7.83. The predicted octanol–water partition coefficient (Wildman–Crippen LogP) is 8.26. The van der Waals surface area contributed by atoms with Crippen molar-refractivity contribution in [2.24, 2.45) is 5.92 Å². The molecule has 1 unspecified atom stereocenters. The van der Waals surface area contributed by atoms with E-state index in [1.807, 2.05) is 13.8 Å². The first-order valence-corrected chi connectivity index (χ1v) is 16.0. The van der Waals surface area contributed by atoms with Crippen LogP contribution < -0.4 is 0 Å². The van der Waals surface area contributed by atoms with Gasteiger partial charge in [0, 0.05) is 38.8 Å². The lowest BCUT2D eigenvalue weighted by atomic mass is 10.0. The van der Waals surface area contributed by atoms with Gasteiger partial charge in [0.25, 0.3) is 5.91 Å². The zero-order valence-electron chi connectivity index (χ0n) is 25.2. The summed E-state index contributed by atoms with van der Waals surface area (Å²) in [6, 6.07) is -0.880. The highest BCUT2D eigenvalue weighted by molar-refractivity contribution is 6.04. The number of carbonyl (C=O) groups is 4. The Balaban J connectivity index is 2.35. The minimum Gasteiger partial charge on any atom is -0.312 e. The summed E-state index contributed by atoms with van der Waals surface area (Å²) in [6.07, 6.45) is 20.6. The van der Waals surface area contributed by atoms with Crippen LogP contribution in [0.4, 0.5) is 4.79 Å². The van der Waals surface area contributed by atoms with Crippen LogP contribution in [0.25, 0.3) is 0 Å². The minimum atomic E-state index is -0.541. The molecule has 1 saturated heterocycles. The second-order valence-electron chi connectivity index (χ2n) is 11.7. The molecule has 0 saturated carbocycles. The molecule has 0 bridgehead atoms. The van der Waals surface area contributed by atoms with Crippen LogP contribution in [0.5, 0.6) is 0 Å². The second-order valence-corrected chi connectivity index (χ2v) is 11.7. The number of hydrogen-bond donors (Lipinski definition) is 0. The Hall–Kier alpha value is -1.72. The second kappa shape index (κ2) is 21.1. The molecule has 1 rings (SSSR count). The van der Waals surface area contributed by atoms with E-state index in [1.54, 1.807) is 4.90 Å². The van der Waals surface area contributed by atoms with Gasteiger partial charge in [-0.15, -0.1) is 0 Å². The number of hydrogen-bond acceptors (Lipinski definition) is 4. The van der Waals surface area contributed by atoms with Crippen molar-refractivity contribution in [1.82, 2.24) is 9.80 Å². The van der Waals surface area contributed by atoms with Gasteiger partial charge in [0.2, 0.25) is 0 Å². The molecule has 0 radical (unpaired) electrons. The van der Waals surface area contributed by atoms with Crippen LogP contribution in [0.2, 0.25) is 0 Å². The van der Waals surface area contributed by atoms with Gasteiger partial charge in [0.15, 0.2) is 0 Å². The Bertz CT molecular complexity index is 691. The number of Topliss-reactive ketones (excluding diaryl/α,β-unsaturated/α-hetero) is 2. The first kappa shape index (κ1) is 34.3. The molecule has 0 N–H and O–H groups in total. The maximum atomic E-state index is 13.1. The molecule has 0 aromatic heterocycles. The van der Waals surface area contributed by atoms with Crippen LogP contribution in [-0.2, 0) is 14.4 Å². The fourth-order valence-corrected chi connectivity index (χ4v) is 5.39. The van der Waals surface area contributed by atoms with Crippen LogP contribution in [0.1, 0.15) is 156 Å². The summed E-state index contributed by atoms with van der Waals surface area (Å²) in [6.45, 7) is 8.74. The Morgan fingerprint density at radius 3 is 1.42 bits per heavy atom. The Morgan fingerprint density at radius 2 is 1.00 bits per heavy atom. The molecule has 0 aliphatic carbocycles. The van der Waals surface area contributed by atoms with Crippen LogP contribution in [0.15, 0.2) is 0 Å². The molecule has 1 aliphatic rings. The van der Waals surface area contributed by atoms with Crippen molar-refractivity contribution in [1.29, 1.82) is 0 Å². The summed E-state index contributed by atoms with van der Waals surface area (Å²) in [7, 11) is 0. The Morgan fingerprint density at radius 1 is 0.605 bits per heavy atom. The molecular formula is C32H58N2O4. The zero-order chi connectivity index (χ0) is 28.2. The van der Waals surface area contributed by atoms with Gasteiger partial charge >= 0.3 is 6.03 Å². The molecule has 0 spiro atoms. The molecule has 0 aromatic carbocycles. The van der Waals surface area contributed by atoms with Crippen LogP contribution in [0.3, 0.4) is 0 Å². The zero-order valence-corrected chi connectivity index (χ0v) is 25.2. The lowest BCUT2D eigenvalue weighted by molar-refractivity contribution is -0.130. The molecular weight excluding hydrogens is 476 g/mol. The molecule has 1 atom stereocenters. The lowest BCUT2D eigenvalue weighted by Crippen LogP contribution is -2.40. The number of unbranched alkanes of at least 4 members (excludes halogenated alkanes) is 14. The van der Waals surface area contributed by atoms with Crippen molar-refractivity contribution in [2.45, 2.75) is 162 Å². The summed E-state index contributed by atoms with van der Waals surface area (Å²) >= 11 is 0. The van der Waals surface area contributed by atoms with Gasteiger partial charge in [-0.25, -0.2) is 4.79 Å². The van der Waals surface area contributed by atoms with Crippen molar-refractivity contribution >= 4 is 23.5 Å². The summed E-state index contributed by atoms with van der Waals surface area (Å²) < 4.78 is 0. The Labute approximate surface area is 233 Å². The highest BCUT2D eigenvalue weighted by Crippen LogP contribution is 2.25. The first-order valence-electron chi connectivity index (χ1n) is 16.0. The molecule has 1 heterocycles. The van der Waals surface area contributed by atoms with E-state index in [1.165, 1.54) is 81.9 Å². The van der Waals surface area contributed by atoms with E-state index in [0.717, 1.165) is 25.7 Å². The van der Waals surface area contributed by atoms with Gasteiger partial charge < -0.3 is 4.90 Å². The largest absolute Gasteiger partial charge is 0.327 e. The molecule has 220 valence electrons. The first-order chi connectivity index (χ1) is 18.3. The summed E-state index contributed by atoms with van der Waals surface area (Å²) in [5, 5.41) is 0. The van der Waals surface area contributed by atoms with E-state index >= 15 is 0 Å². The molecule has 1 fully saturated rings. The highest BCUT2D eigenvalue weighted by atomic mass is 16.2. The number of urea groups is 1. The van der Waals surface area contributed by atoms with Crippen molar-refractivity contribution in [3.05, 3.63) is 0 Å². The lowest BCUT2D eigenvalue weighted by Gasteiger charge is -2.24. The molecule has 0 aromatic rings. The molecule has 38 heavy (non-hydrogen) atoms. The molecule has 1 aliphatic heterocycles. The summed E-state index contributed by atoms with van der Waals surface area (Å²) in [5.74, 6) is 0.0297. The standard InChI is InChI=1S/C32H58N2O4/c1-5-7-9-11-13-15-17-19-21-28(35)23-25-33-30(27(3)4)31(37)34(32(33)38)26-24-29(36)22-20-18-16-14-12-10-8-6-2/h27,30H,5-26H2,1-4H3. The molecule has 6 heteroatoms. The fourth-order valence-electron chi connectivity index (χ4n) is 5.39. The minimum absolute atomic E-state index is 0.0349. The number of imide groups is 1. The van der Waals surface area contributed by atoms with Crippen molar-refractivity contribution in [3.8, 4) is 0 Å². The number of ketones is 2. The van der Waals surface area contributed by atoms with E-state index in [2.05, 4.69) is 13.8 Å². The maximum absolute atomic E-state index is 13.1. The molecule has 6 nitrogen and oxygen atoms in total. The van der Waals surface area contributed by atoms with E-state index in [4.69, 9.17) is 0 Å². The van der Waals surface area contributed by atoms with Crippen molar-refractivity contribution in [2.75, 3.05) is 13.1 Å². The topological polar surface area (TPSA) is 74.8 Å². The van der Waals surface area contributed by atoms with E-state index in [9.17, 15) is 19.2 Å². The van der Waals surface area contributed by atoms with Crippen LogP contribution >= 0.6 is 0 Å². The van der Waals surface area contributed by atoms with Crippen LogP contribution in [-0.4, -0.2) is 52.4 Å².